The Bertz CT molecular complexity index is 515. The summed E-state index contributed by atoms with van der Waals surface area (Å²) in [5.74, 6) is 1.86. The number of hydrogen-bond donors (Lipinski definition) is 1. The second-order valence-electron chi connectivity index (χ2n) is 4.34. The van der Waals surface area contributed by atoms with Gasteiger partial charge in [-0.3, -0.25) is 0 Å². The van der Waals surface area contributed by atoms with Crippen LogP contribution in [0.25, 0.3) is 0 Å². The fourth-order valence-corrected chi connectivity index (χ4v) is 2.85. The quantitative estimate of drug-likeness (QED) is 0.823. The summed E-state index contributed by atoms with van der Waals surface area (Å²) >= 11 is 2.31. The van der Waals surface area contributed by atoms with Crippen LogP contribution in [0.1, 0.15) is 24.0 Å². The molecule has 0 unspecified atom stereocenters. The van der Waals surface area contributed by atoms with Gasteiger partial charge in [-0.2, -0.15) is 0 Å². The Kier molecular flexibility index (Phi) is 5.13. The third-order valence-corrected chi connectivity index (χ3v) is 4.15. The Balaban J connectivity index is 2.16. The summed E-state index contributed by atoms with van der Waals surface area (Å²) in [6.45, 7) is 2.13. The van der Waals surface area contributed by atoms with Crippen molar-refractivity contribution >= 4 is 28.4 Å². The van der Waals surface area contributed by atoms with Crippen molar-refractivity contribution in [1.29, 1.82) is 0 Å². The molecule has 0 atom stereocenters. The van der Waals surface area contributed by atoms with Gasteiger partial charge in [0.15, 0.2) is 0 Å². The fraction of sp³-hybridized carbons (Fsp3) is 0.333. The maximum Gasteiger partial charge on any atom is 0.143 e. The SMILES string of the molecule is CCc1nc(CCc2ccccc2)nc(NC)c1I. The van der Waals surface area contributed by atoms with Crippen molar-refractivity contribution in [3.8, 4) is 0 Å². The molecule has 0 fully saturated rings. The van der Waals surface area contributed by atoms with Crippen LogP contribution in [0.5, 0.6) is 0 Å². The van der Waals surface area contributed by atoms with E-state index < -0.39 is 0 Å². The lowest BCUT2D eigenvalue weighted by atomic mass is 10.1. The molecule has 4 heteroatoms. The molecule has 1 heterocycles. The first-order valence-electron chi connectivity index (χ1n) is 6.51. The minimum absolute atomic E-state index is 0.878. The van der Waals surface area contributed by atoms with Crippen LogP contribution in [0.15, 0.2) is 30.3 Å². The Morgan fingerprint density at radius 2 is 1.84 bits per heavy atom. The van der Waals surface area contributed by atoms with E-state index in [-0.39, 0.29) is 0 Å². The van der Waals surface area contributed by atoms with Crippen LogP contribution < -0.4 is 5.32 Å². The molecule has 0 aliphatic rings. The molecule has 1 aromatic heterocycles. The highest BCUT2D eigenvalue weighted by Crippen LogP contribution is 2.19. The van der Waals surface area contributed by atoms with E-state index in [1.807, 2.05) is 13.1 Å². The van der Waals surface area contributed by atoms with Crippen LogP contribution in [0.4, 0.5) is 5.82 Å². The van der Waals surface area contributed by atoms with Gasteiger partial charge in [-0.15, -0.1) is 0 Å². The van der Waals surface area contributed by atoms with Gasteiger partial charge in [0, 0.05) is 13.5 Å². The molecule has 2 aromatic rings. The van der Waals surface area contributed by atoms with E-state index in [4.69, 9.17) is 0 Å². The molecule has 19 heavy (non-hydrogen) atoms. The van der Waals surface area contributed by atoms with Crippen LogP contribution in [0.2, 0.25) is 0 Å². The van der Waals surface area contributed by atoms with E-state index in [2.05, 4.69) is 69.1 Å². The highest BCUT2D eigenvalue weighted by atomic mass is 127. The smallest absolute Gasteiger partial charge is 0.143 e. The summed E-state index contributed by atoms with van der Waals surface area (Å²) < 4.78 is 1.13. The first kappa shape index (κ1) is 14.2. The normalized spacial score (nSPS) is 10.5. The molecule has 3 nitrogen and oxygen atoms in total. The lowest BCUT2D eigenvalue weighted by molar-refractivity contribution is 0.829. The molecule has 0 spiro atoms. The van der Waals surface area contributed by atoms with Gasteiger partial charge in [-0.05, 0) is 41.0 Å². The molecule has 0 radical (unpaired) electrons. The van der Waals surface area contributed by atoms with Gasteiger partial charge in [0.05, 0.1) is 9.26 Å². The molecule has 1 aromatic carbocycles. The molecule has 2 rings (SSSR count). The van der Waals surface area contributed by atoms with Crippen LogP contribution in [-0.4, -0.2) is 17.0 Å². The van der Waals surface area contributed by atoms with Crippen molar-refractivity contribution in [1.82, 2.24) is 9.97 Å². The monoisotopic (exact) mass is 367 g/mol. The molecule has 0 amide bonds. The van der Waals surface area contributed by atoms with Gasteiger partial charge in [0.2, 0.25) is 0 Å². The fourth-order valence-electron chi connectivity index (χ4n) is 1.96. The number of aromatic nitrogens is 2. The van der Waals surface area contributed by atoms with Crippen molar-refractivity contribution < 1.29 is 0 Å². The average molecular weight is 367 g/mol. The van der Waals surface area contributed by atoms with Crippen molar-refractivity contribution in [2.24, 2.45) is 0 Å². The predicted octanol–water partition coefficient (Wildman–Crippen LogP) is 3.47. The lowest BCUT2D eigenvalue weighted by Crippen LogP contribution is -2.08. The Labute approximate surface area is 128 Å². The minimum Gasteiger partial charge on any atom is -0.372 e. The topological polar surface area (TPSA) is 37.8 Å². The number of halogens is 1. The maximum atomic E-state index is 4.66. The number of benzene rings is 1. The zero-order chi connectivity index (χ0) is 13.7. The largest absolute Gasteiger partial charge is 0.372 e. The Morgan fingerprint density at radius 3 is 2.47 bits per heavy atom. The number of anilines is 1. The second kappa shape index (κ2) is 6.84. The minimum atomic E-state index is 0.878. The zero-order valence-electron chi connectivity index (χ0n) is 11.3. The number of hydrogen-bond acceptors (Lipinski definition) is 3. The first-order valence-corrected chi connectivity index (χ1v) is 7.59. The summed E-state index contributed by atoms with van der Waals surface area (Å²) in [6.07, 6.45) is 2.80. The molecule has 0 saturated carbocycles. The van der Waals surface area contributed by atoms with E-state index >= 15 is 0 Å². The molecule has 0 saturated heterocycles. The molecule has 100 valence electrons. The summed E-state index contributed by atoms with van der Waals surface area (Å²) in [5, 5.41) is 3.15. The van der Waals surface area contributed by atoms with Gasteiger partial charge in [-0.1, -0.05) is 37.3 Å². The highest BCUT2D eigenvalue weighted by molar-refractivity contribution is 14.1. The number of nitrogens with zero attached hydrogens (tertiary/aromatic N) is 2. The van der Waals surface area contributed by atoms with E-state index in [1.165, 1.54) is 5.56 Å². The average Bonchev–Trinajstić information content (AvgIpc) is 2.47. The summed E-state index contributed by atoms with van der Waals surface area (Å²) in [5.41, 5.74) is 2.46. The van der Waals surface area contributed by atoms with E-state index in [0.717, 1.165) is 40.2 Å². The molecule has 0 aliphatic heterocycles. The summed E-state index contributed by atoms with van der Waals surface area (Å²) in [7, 11) is 1.91. The van der Waals surface area contributed by atoms with Gasteiger partial charge < -0.3 is 5.32 Å². The zero-order valence-corrected chi connectivity index (χ0v) is 13.4. The molecule has 1 N–H and O–H groups in total. The number of rotatable bonds is 5. The summed E-state index contributed by atoms with van der Waals surface area (Å²) in [4.78, 5) is 9.24. The standard InChI is InChI=1S/C15H18IN3/c1-3-12-14(16)15(17-2)19-13(18-12)10-9-11-7-5-4-6-8-11/h4-8H,3,9-10H2,1-2H3,(H,17,18,19). The third kappa shape index (κ3) is 3.65. The van der Waals surface area contributed by atoms with Crippen LogP contribution in [-0.2, 0) is 19.3 Å². The van der Waals surface area contributed by atoms with Gasteiger partial charge in [0.25, 0.3) is 0 Å². The Morgan fingerprint density at radius 1 is 1.11 bits per heavy atom. The van der Waals surface area contributed by atoms with Crippen LogP contribution >= 0.6 is 22.6 Å². The molecule has 0 aliphatic carbocycles. The van der Waals surface area contributed by atoms with E-state index in [1.54, 1.807) is 0 Å². The molecular weight excluding hydrogens is 349 g/mol. The van der Waals surface area contributed by atoms with Crippen molar-refractivity contribution in [3.63, 3.8) is 0 Å². The lowest BCUT2D eigenvalue weighted by Gasteiger charge is -2.10. The van der Waals surface area contributed by atoms with Gasteiger partial charge >= 0.3 is 0 Å². The molecular formula is C15H18IN3. The number of nitrogens with one attached hydrogen (secondary N) is 1. The van der Waals surface area contributed by atoms with Crippen molar-refractivity contribution in [2.45, 2.75) is 26.2 Å². The number of aryl methyl sites for hydroxylation is 3. The van der Waals surface area contributed by atoms with Crippen molar-refractivity contribution in [2.75, 3.05) is 12.4 Å². The summed E-state index contributed by atoms with van der Waals surface area (Å²) in [6, 6.07) is 10.5. The highest BCUT2D eigenvalue weighted by Gasteiger charge is 2.09. The van der Waals surface area contributed by atoms with E-state index in [9.17, 15) is 0 Å². The third-order valence-electron chi connectivity index (χ3n) is 3.02. The predicted molar refractivity (Wildman–Crippen MR) is 87.5 cm³/mol. The van der Waals surface area contributed by atoms with Crippen molar-refractivity contribution in [3.05, 3.63) is 51.0 Å². The first-order chi connectivity index (χ1) is 9.24. The molecule has 0 bridgehead atoms. The van der Waals surface area contributed by atoms with Gasteiger partial charge in [0.1, 0.15) is 11.6 Å². The van der Waals surface area contributed by atoms with Crippen LogP contribution in [0, 0.1) is 3.57 Å². The van der Waals surface area contributed by atoms with Crippen LogP contribution in [0.3, 0.4) is 0 Å². The van der Waals surface area contributed by atoms with E-state index in [0.29, 0.717) is 0 Å². The maximum absolute atomic E-state index is 4.66. The Hall–Kier alpha value is -1.17. The second-order valence-corrected chi connectivity index (χ2v) is 5.42. The van der Waals surface area contributed by atoms with Gasteiger partial charge in [-0.25, -0.2) is 9.97 Å².